The topological polar surface area (TPSA) is 60.4 Å². The first-order valence-corrected chi connectivity index (χ1v) is 11.3. The van der Waals surface area contributed by atoms with Crippen molar-refractivity contribution in [1.82, 2.24) is 0 Å². The van der Waals surface area contributed by atoms with Gasteiger partial charge in [0.05, 0.1) is 7.11 Å². The Balaban J connectivity index is 2.33. The number of carbonyl (C=O) groups excluding carboxylic acids is 3. The third-order valence-electron chi connectivity index (χ3n) is 6.04. The summed E-state index contributed by atoms with van der Waals surface area (Å²) < 4.78 is 4.63. The summed E-state index contributed by atoms with van der Waals surface area (Å²) in [6.07, 6.45) is 15.6. The van der Waals surface area contributed by atoms with Crippen LogP contribution in [0.25, 0.3) is 0 Å². The summed E-state index contributed by atoms with van der Waals surface area (Å²) in [6, 6.07) is 0. The minimum Gasteiger partial charge on any atom is -0.469 e. The number of carbonyl (C=O) groups is 3. The second-order valence-electron chi connectivity index (χ2n) is 8.34. The molecule has 0 N–H and O–H groups in total. The molecule has 0 aromatic rings. The zero-order valence-electron chi connectivity index (χ0n) is 18.2. The Hall–Kier alpha value is -1.45. The van der Waals surface area contributed by atoms with E-state index in [0.29, 0.717) is 49.1 Å². The molecule has 0 saturated heterocycles. The lowest BCUT2D eigenvalue weighted by Crippen LogP contribution is -2.17. The van der Waals surface area contributed by atoms with Gasteiger partial charge in [-0.3, -0.25) is 14.4 Å². The third-order valence-corrected chi connectivity index (χ3v) is 6.04. The van der Waals surface area contributed by atoms with E-state index in [1.165, 1.54) is 26.4 Å². The Morgan fingerprint density at radius 3 is 2.50 bits per heavy atom. The lowest BCUT2D eigenvalue weighted by Gasteiger charge is -2.20. The van der Waals surface area contributed by atoms with Crippen LogP contribution in [0.1, 0.15) is 97.3 Å². The van der Waals surface area contributed by atoms with Gasteiger partial charge in [-0.2, -0.15) is 0 Å². The van der Waals surface area contributed by atoms with E-state index < -0.39 is 0 Å². The van der Waals surface area contributed by atoms with E-state index in [-0.39, 0.29) is 11.9 Å². The summed E-state index contributed by atoms with van der Waals surface area (Å²) in [7, 11) is 1.41. The van der Waals surface area contributed by atoms with E-state index >= 15 is 0 Å². The fourth-order valence-corrected chi connectivity index (χ4v) is 4.25. The van der Waals surface area contributed by atoms with Crippen molar-refractivity contribution in [1.29, 1.82) is 0 Å². The summed E-state index contributed by atoms with van der Waals surface area (Å²) in [4.78, 5) is 35.7. The van der Waals surface area contributed by atoms with Crippen LogP contribution in [0.3, 0.4) is 0 Å². The van der Waals surface area contributed by atoms with Crippen molar-refractivity contribution < 1.29 is 19.1 Å². The molecule has 0 amide bonds. The van der Waals surface area contributed by atoms with Gasteiger partial charge in [-0.1, -0.05) is 51.7 Å². The van der Waals surface area contributed by atoms with Gasteiger partial charge >= 0.3 is 5.97 Å². The SMILES string of the molecule is CCCCCCCC(=O)CC[C@H]1[C@@H](C)CC(=O)[C@@H]1CC=CCCCC(=O)OC. The maximum atomic E-state index is 12.4. The van der Waals surface area contributed by atoms with Crippen LogP contribution in [0.5, 0.6) is 0 Å². The summed E-state index contributed by atoms with van der Waals surface area (Å²) in [6.45, 7) is 4.35. The maximum absolute atomic E-state index is 12.4. The summed E-state index contributed by atoms with van der Waals surface area (Å²) in [5.74, 6) is 1.30. The number of esters is 1. The molecule has 160 valence electrons. The second-order valence-corrected chi connectivity index (χ2v) is 8.34. The number of allylic oxidation sites excluding steroid dienone is 2. The molecule has 0 unspecified atom stereocenters. The first-order chi connectivity index (χ1) is 13.5. The predicted molar refractivity (Wildman–Crippen MR) is 113 cm³/mol. The van der Waals surface area contributed by atoms with Gasteiger partial charge in [-0.25, -0.2) is 0 Å². The molecule has 0 radical (unpaired) electrons. The Bertz CT molecular complexity index is 509. The van der Waals surface area contributed by atoms with Crippen molar-refractivity contribution in [2.24, 2.45) is 17.8 Å². The largest absolute Gasteiger partial charge is 0.469 e. The van der Waals surface area contributed by atoms with E-state index in [0.717, 1.165) is 38.5 Å². The number of rotatable bonds is 15. The van der Waals surface area contributed by atoms with Gasteiger partial charge in [-0.05, 0) is 43.9 Å². The molecule has 1 aliphatic rings. The summed E-state index contributed by atoms with van der Waals surface area (Å²) in [5.41, 5.74) is 0. The van der Waals surface area contributed by atoms with Crippen LogP contribution in [0.4, 0.5) is 0 Å². The molecule has 0 aromatic heterocycles. The van der Waals surface area contributed by atoms with Crippen molar-refractivity contribution in [3.05, 3.63) is 12.2 Å². The average Bonchev–Trinajstić information content (AvgIpc) is 2.94. The predicted octanol–water partition coefficient (Wildman–Crippen LogP) is 5.83. The Morgan fingerprint density at radius 2 is 1.79 bits per heavy atom. The molecule has 0 heterocycles. The van der Waals surface area contributed by atoms with E-state index in [1.807, 2.05) is 0 Å². The zero-order valence-corrected chi connectivity index (χ0v) is 18.2. The van der Waals surface area contributed by atoms with Gasteiger partial charge < -0.3 is 4.74 Å². The first kappa shape index (κ1) is 24.6. The lowest BCUT2D eigenvalue weighted by atomic mass is 9.83. The minimum atomic E-state index is -0.178. The number of unbranched alkanes of at least 4 members (excludes halogenated alkanes) is 5. The highest BCUT2D eigenvalue weighted by Gasteiger charge is 2.38. The first-order valence-electron chi connectivity index (χ1n) is 11.3. The molecule has 4 nitrogen and oxygen atoms in total. The maximum Gasteiger partial charge on any atom is 0.305 e. The number of hydrogen-bond acceptors (Lipinski definition) is 4. The normalized spacial score (nSPS) is 22.1. The Labute approximate surface area is 171 Å². The van der Waals surface area contributed by atoms with E-state index in [4.69, 9.17) is 0 Å². The smallest absolute Gasteiger partial charge is 0.305 e. The van der Waals surface area contributed by atoms with Crippen LogP contribution >= 0.6 is 0 Å². The number of methoxy groups -OCH3 is 1. The zero-order chi connectivity index (χ0) is 20.8. The minimum absolute atomic E-state index is 0.0595. The van der Waals surface area contributed by atoms with Gasteiger partial charge in [-0.15, -0.1) is 0 Å². The molecule has 0 spiro atoms. The lowest BCUT2D eigenvalue weighted by molar-refractivity contribution is -0.140. The quantitative estimate of drug-likeness (QED) is 0.200. The van der Waals surface area contributed by atoms with Crippen LogP contribution < -0.4 is 0 Å². The number of hydrogen-bond donors (Lipinski definition) is 0. The number of ketones is 2. The molecule has 1 fully saturated rings. The van der Waals surface area contributed by atoms with Crippen molar-refractivity contribution in [3.63, 3.8) is 0 Å². The fourth-order valence-electron chi connectivity index (χ4n) is 4.25. The van der Waals surface area contributed by atoms with Crippen LogP contribution in [-0.4, -0.2) is 24.6 Å². The van der Waals surface area contributed by atoms with Gasteiger partial charge in [0.25, 0.3) is 0 Å². The number of Topliss-reactive ketones (excluding diaryl/α,β-unsaturated/α-hetero) is 2. The van der Waals surface area contributed by atoms with E-state index in [2.05, 4.69) is 30.7 Å². The van der Waals surface area contributed by atoms with Crippen LogP contribution in [0, 0.1) is 17.8 Å². The highest BCUT2D eigenvalue weighted by molar-refractivity contribution is 5.84. The molecule has 3 atom stereocenters. The van der Waals surface area contributed by atoms with Gasteiger partial charge in [0.1, 0.15) is 11.6 Å². The van der Waals surface area contributed by atoms with Crippen molar-refractivity contribution in [2.75, 3.05) is 7.11 Å². The molecule has 0 aliphatic heterocycles. The highest BCUT2D eigenvalue weighted by Crippen LogP contribution is 2.39. The molecular formula is C24H40O4. The highest BCUT2D eigenvalue weighted by atomic mass is 16.5. The Morgan fingerprint density at radius 1 is 1.04 bits per heavy atom. The summed E-state index contributed by atoms with van der Waals surface area (Å²) >= 11 is 0. The number of ether oxygens (including phenoxy) is 1. The van der Waals surface area contributed by atoms with Gasteiger partial charge in [0, 0.05) is 31.6 Å². The van der Waals surface area contributed by atoms with Crippen LogP contribution in [0.2, 0.25) is 0 Å². The third kappa shape index (κ3) is 9.66. The van der Waals surface area contributed by atoms with Gasteiger partial charge in [0.2, 0.25) is 0 Å². The van der Waals surface area contributed by atoms with E-state index in [9.17, 15) is 14.4 Å². The van der Waals surface area contributed by atoms with Crippen molar-refractivity contribution in [2.45, 2.75) is 97.3 Å². The molecular weight excluding hydrogens is 352 g/mol. The van der Waals surface area contributed by atoms with Crippen LogP contribution in [0.15, 0.2) is 12.2 Å². The molecule has 1 aliphatic carbocycles. The van der Waals surface area contributed by atoms with Crippen molar-refractivity contribution >= 4 is 17.5 Å². The second kappa shape index (κ2) is 14.5. The Kier molecular flexibility index (Phi) is 12.8. The molecule has 0 bridgehead atoms. The molecule has 0 aromatic carbocycles. The standard InChI is InChI=1S/C24H40O4/c1-4-5-6-7-10-13-20(25)16-17-21-19(2)18-23(26)22(21)14-11-8-9-12-15-24(27)28-3/h8,11,19,21-22H,4-7,9-10,12-18H2,1-3H3/t19-,21-,22+/m0/s1. The van der Waals surface area contributed by atoms with Crippen LogP contribution in [-0.2, 0) is 19.1 Å². The fraction of sp³-hybridized carbons (Fsp3) is 0.792. The average molecular weight is 393 g/mol. The molecule has 4 heteroatoms. The molecule has 1 saturated carbocycles. The summed E-state index contributed by atoms with van der Waals surface area (Å²) in [5, 5.41) is 0. The monoisotopic (exact) mass is 392 g/mol. The molecule has 28 heavy (non-hydrogen) atoms. The molecule has 1 rings (SSSR count). The van der Waals surface area contributed by atoms with Gasteiger partial charge in [0.15, 0.2) is 0 Å². The van der Waals surface area contributed by atoms with Crippen molar-refractivity contribution in [3.8, 4) is 0 Å². The van der Waals surface area contributed by atoms with E-state index in [1.54, 1.807) is 0 Å².